The maximum absolute atomic E-state index is 9.22. The Kier molecular flexibility index (Phi) is 4.64. The van der Waals surface area contributed by atoms with E-state index in [2.05, 4.69) is 16.3 Å². The molecule has 3 nitrogen and oxygen atoms in total. The molecule has 1 saturated heterocycles. The maximum Gasteiger partial charge on any atom is 0.104 e. The van der Waals surface area contributed by atoms with E-state index >= 15 is 0 Å². The second-order valence-corrected chi connectivity index (χ2v) is 6.23. The third-order valence-electron chi connectivity index (χ3n) is 5.06. The molecule has 0 spiro atoms. The summed E-state index contributed by atoms with van der Waals surface area (Å²) in [5.41, 5.74) is -0.360. The Hall–Kier alpha value is -0.590. The van der Waals surface area contributed by atoms with Gasteiger partial charge in [-0.2, -0.15) is 5.26 Å². The second kappa shape index (κ2) is 6.04. The predicted octanol–water partition coefficient (Wildman–Crippen LogP) is 2.53. The Morgan fingerprint density at radius 2 is 2.00 bits per heavy atom. The van der Waals surface area contributed by atoms with Gasteiger partial charge in [-0.25, -0.2) is 0 Å². The van der Waals surface area contributed by atoms with Gasteiger partial charge in [-0.3, -0.25) is 0 Å². The van der Waals surface area contributed by atoms with Crippen LogP contribution in [-0.2, 0) is 0 Å². The highest BCUT2D eigenvalue weighted by Gasteiger charge is 2.34. The third-order valence-corrected chi connectivity index (χ3v) is 5.06. The lowest BCUT2D eigenvalue weighted by Crippen LogP contribution is -2.49. The van der Waals surface area contributed by atoms with Crippen molar-refractivity contribution < 1.29 is 0 Å². The molecule has 2 rings (SSSR count). The third kappa shape index (κ3) is 3.05. The Balaban J connectivity index is 1.90. The van der Waals surface area contributed by atoms with Gasteiger partial charge in [-0.1, -0.05) is 12.8 Å². The van der Waals surface area contributed by atoms with Crippen molar-refractivity contribution in [1.29, 1.82) is 5.26 Å². The molecular weight excluding hydrogens is 222 g/mol. The molecule has 1 heterocycles. The van der Waals surface area contributed by atoms with E-state index in [9.17, 15) is 5.26 Å². The summed E-state index contributed by atoms with van der Waals surface area (Å²) in [4.78, 5) is 2.67. The van der Waals surface area contributed by atoms with Crippen LogP contribution in [0.15, 0.2) is 0 Å². The van der Waals surface area contributed by atoms with E-state index in [0.717, 1.165) is 24.9 Å². The normalized spacial score (nSPS) is 32.3. The summed E-state index contributed by atoms with van der Waals surface area (Å²) in [5.74, 6) is 0.940. The molecule has 102 valence electrons. The molecule has 2 aliphatic rings. The van der Waals surface area contributed by atoms with Crippen LogP contribution in [0.4, 0.5) is 0 Å². The number of nitriles is 1. The molecule has 0 radical (unpaired) electrons. The van der Waals surface area contributed by atoms with Crippen LogP contribution in [0.5, 0.6) is 0 Å². The molecule has 3 atom stereocenters. The SMILES string of the molecule is CNC(C)(C#N)CCN1CCCC2CCCCC21. The van der Waals surface area contributed by atoms with Gasteiger partial charge in [0.1, 0.15) is 5.54 Å². The highest BCUT2D eigenvalue weighted by molar-refractivity contribution is 5.03. The van der Waals surface area contributed by atoms with Gasteiger partial charge in [-0.05, 0) is 58.5 Å². The quantitative estimate of drug-likeness (QED) is 0.832. The standard InChI is InChI=1S/C15H27N3/c1-15(12-16,17-2)9-11-18-10-5-7-13-6-3-4-8-14(13)18/h13-14,17H,3-11H2,1-2H3. The first kappa shape index (κ1) is 13.8. The highest BCUT2D eigenvalue weighted by Crippen LogP contribution is 2.35. The van der Waals surface area contributed by atoms with Crippen molar-refractivity contribution in [3.63, 3.8) is 0 Å². The fraction of sp³-hybridized carbons (Fsp3) is 0.933. The molecule has 18 heavy (non-hydrogen) atoms. The molecule has 1 aliphatic carbocycles. The van der Waals surface area contributed by atoms with Crippen LogP contribution in [0.1, 0.15) is 51.9 Å². The van der Waals surface area contributed by atoms with Gasteiger partial charge in [0, 0.05) is 12.6 Å². The first-order valence-electron chi connectivity index (χ1n) is 7.53. The van der Waals surface area contributed by atoms with Crippen LogP contribution < -0.4 is 5.32 Å². The van der Waals surface area contributed by atoms with Crippen LogP contribution >= 0.6 is 0 Å². The Morgan fingerprint density at radius 1 is 1.28 bits per heavy atom. The van der Waals surface area contributed by atoms with Crippen LogP contribution in [0.25, 0.3) is 0 Å². The summed E-state index contributed by atoms with van der Waals surface area (Å²) in [5, 5.41) is 12.4. The van der Waals surface area contributed by atoms with E-state index in [-0.39, 0.29) is 5.54 Å². The first-order valence-corrected chi connectivity index (χ1v) is 7.53. The molecule has 2 fully saturated rings. The van der Waals surface area contributed by atoms with Crippen molar-refractivity contribution in [3.05, 3.63) is 0 Å². The van der Waals surface area contributed by atoms with Crippen LogP contribution in [0.3, 0.4) is 0 Å². The average Bonchev–Trinajstić information content (AvgIpc) is 2.44. The molecule has 0 aromatic rings. The number of likely N-dealkylation sites (tertiary alicyclic amines) is 1. The largest absolute Gasteiger partial charge is 0.303 e. The van der Waals surface area contributed by atoms with Crippen LogP contribution in [0.2, 0.25) is 0 Å². The molecule has 1 aliphatic heterocycles. The number of rotatable bonds is 4. The Morgan fingerprint density at radius 3 is 2.72 bits per heavy atom. The van der Waals surface area contributed by atoms with Crippen molar-refractivity contribution >= 4 is 0 Å². The molecule has 0 bridgehead atoms. The number of nitrogens with one attached hydrogen (secondary N) is 1. The molecular formula is C15H27N3. The minimum Gasteiger partial charge on any atom is -0.303 e. The Labute approximate surface area is 112 Å². The molecule has 1 N–H and O–H groups in total. The molecule has 3 unspecified atom stereocenters. The van der Waals surface area contributed by atoms with Gasteiger partial charge in [0.25, 0.3) is 0 Å². The molecule has 0 aromatic heterocycles. The zero-order valence-corrected chi connectivity index (χ0v) is 11.9. The van der Waals surface area contributed by atoms with Gasteiger partial charge in [-0.15, -0.1) is 0 Å². The number of piperidine rings is 1. The monoisotopic (exact) mass is 249 g/mol. The first-order chi connectivity index (χ1) is 8.68. The number of hydrogen-bond acceptors (Lipinski definition) is 3. The maximum atomic E-state index is 9.22. The van der Waals surface area contributed by atoms with Gasteiger partial charge in [0.15, 0.2) is 0 Å². The minimum absolute atomic E-state index is 0.360. The second-order valence-electron chi connectivity index (χ2n) is 6.23. The van der Waals surface area contributed by atoms with E-state index in [1.165, 1.54) is 45.1 Å². The molecule has 3 heteroatoms. The van der Waals surface area contributed by atoms with E-state index < -0.39 is 0 Å². The zero-order chi connectivity index (χ0) is 13.0. The summed E-state index contributed by atoms with van der Waals surface area (Å²) in [6.07, 6.45) is 9.37. The van der Waals surface area contributed by atoms with Crippen molar-refractivity contribution in [2.24, 2.45) is 5.92 Å². The lowest BCUT2D eigenvalue weighted by atomic mass is 9.78. The predicted molar refractivity (Wildman–Crippen MR) is 74.2 cm³/mol. The fourth-order valence-corrected chi connectivity index (χ4v) is 3.61. The summed E-state index contributed by atoms with van der Waals surface area (Å²) in [7, 11) is 1.89. The summed E-state index contributed by atoms with van der Waals surface area (Å²) in [6.45, 7) is 4.33. The minimum atomic E-state index is -0.360. The molecule has 0 aromatic carbocycles. The van der Waals surface area contributed by atoms with Crippen molar-refractivity contribution in [3.8, 4) is 6.07 Å². The number of nitrogens with zero attached hydrogens (tertiary/aromatic N) is 2. The number of hydrogen-bond donors (Lipinski definition) is 1. The van der Waals surface area contributed by atoms with Crippen molar-refractivity contribution in [2.75, 3.05) is 20.1 Å². The number of fused-ring (bicyclic) bond motifs is 1. The lowest BCUT2D eigenvalue weighted by molar-refractivity contribution is 0.0562. The van der Waals surface area contributed by atoms with Gasteiger partial charge >= 0.3 is 0 Å². The molecule has 1 saturated carbocycles. The molecule has 0 amide bonds. The van der Waals surface area contributed by atoms with Crippen molar-refractivity contribution in [1.82, 2.24) is 10.2 Å². The topological polar surface area (TPSA) is 39.1 Å². The summed E-state index contributed by atoms with van der Waals surface area (Å²) < 4.78 is 0. The van der Waals surface area contributed by atoms with Gasteiger partial charge in [0.2, 0.25) is 0 Å². The fourth-order valence-electron chi connectivity index (χ4n) is 3.61. The van der Waals surface area contributed by atoms with Crippen LogP contribution in [-0.4, -0.2) is 36.6 Å². The average molecular weight is 249 g/mol. The van der Waals surface area contributed by atoms with E-state index in [1.807, 2.05) is 14.0 Å². The van der Waals surface area contributed by atoms with Gasteiger partial charge < -0.3 is 10.2 Å². The van der Waals surface area contributed by atoms with E-state index in [4.69, 9.17) is 0 Å². The summed E-state index contributed by atoms with van der Waals surface area (Å²) in [6, 6.07) is 3.21. The van der Waals surface area contributed by atoms with Gasteiger partial charge in [0.05, 0.1) is 6.07 Å². The van der Waals surface area contributed by atoms with E-state index in [1.54, 1.807) is 0 Å². The van der Waals surface area contributed by atoms with Crippen molar-refractivity contribution in [2.45, 2.75) is 63.5 Å². The van der Waals surface area contributed by atoms with E-state index in [0.29, 0.717) is 0 Å². The smallest absolute Gasteiger partial charge is 0.104 e. The Bertz CT molecular complexity index is 307. The summed E-state index contributed by atoms with van der Waals surface area (Å²) >= 11 is 0. The lowest BCUT2D eigenvalue weighted by Gasteiger charge is -2.44. The zero-order valence-electron chi connectivity index (χ0n) is 11.9. The van der Waals surface area contributed by atoms with Crippen LogP contribution in [0, 0.1) is 17.2 Å². The highest BCUT2D eigenvalue weighted by atomic mass is 15.2.